The number of hydrogen-bond acceptors (Lipinski definition) is 4. The standard InChI is InChI=1S/C16H16FN3O3/c17-13-4-2-1-3-11(13)9-18-14-6-5-12(10-19-14)20-15(21)7-8-16(22)23/h1-6,10H,7-9H2,(H,18,19)(H,20,21)(H,22,23). The van der Waals surface area contributed by atoms with Crippen LogP contribution >= 0.6 is 0 Å². The van der Waals surface area contributed by atoms with Crippen LogP contribution in [-0.2, 0) is 16.1 Å². The lowest BCUT2D eigenvalue weighted by molar-refractivity contribution is -0.138. The van der Waals surface area contributed by atoms with Crippen LogP contribution in [0.4, 0.5) is 15.9 Å². The lowest BCUT2D eigenvalue weighted by Gasteiger charge is -2.08. The van der Waals surface area contributed by atoms with Crippen molar-refractivity contribution in [2.75, 3.05) is 10.6 Å². The molecule has 0 aliphatic carbocycles. The molecule has 0 saturated heterocycles. The highest BCUT2D eigenvalue weighted by molar-refractivity contribution is 5.92. The van der Waals surface area contributed by atoms with Crippen molar-refractivity contribution >= 4 is 23.4 Å². The van der Waals surface area contributed by atoms with Crippen molar-refractivity contribution in [3.63, 3.8) is 0 Å². The van der Waals surface area contributed by atoms with Crippen molar-refractivity contribution in [2.24, 2.45) is 0 Å². The zero-order valence-electron chi connectivity index (χ0n) is 12.3. The molecule has 0 aliphatic heterocycles. The number of nitrogens with one attached hydrogen (secondary N) is 2. The topological polar surface area (TPSA) is 91.3 Å². The van der Waals surface area contributed by atoms with Gasteiger partial charge in [0.2, 0.25) is 5.91 Å². The molecule has 0 radical (unpaired) electrons. The van der Waals surface area contributed by atoms with Gasteiger partial charge in [0.05, 0.1) is 18.3 Å². The van der Waals surface area contributed by atoms with Gasteiger partial charge in [0.1, 0.15) is 11.6 Å². The molecule has 120 valence electrons. The van der Waals surface area contributed by atoms with E-state index < -0.39 is 5.97 Å². The maximum Gasteiger partial charge on any atom is 0.303 e. The van der Waals surface area contributed by atoms with Gasteiger partial charge in [0.25, 0.3) is 0 Å². The zero-order valence-corrected chi connectivity index (χ0v) is 12.3. The Hall–Kier alpha value is -2.96. The molecule has 23 heavy (non-hydrogen) atoms. The molecule has 0 aliphatic rings. The number of hydrogen-bond donors (Lipinski definition) is 3. The first-order valence-electron chi connectivity index (χ1n) is 6.99. The average Bonchev–Trinajstić information content (AvgIpc) is 2.53. The molecule has 2 rings (SSSR count). The van der Waals surface area contributed by atoms with Gasteiger partial charge in [-0.25, -0.2) is 9.37 Å². The van der Waals surface area contributed by atoms with E-state index in [1.54, 1.807) is 30.3 Å². The van der Waals surface area contributed by atoms with Crippen LogP contribution in [0, 0.1) is 5.82 Å². The van der Waals surface area contributed by atoms with E-state index in [9.17, 15) is 14.0 Å². The van der Waals surface area contributed by atoms with Crippen molar-refractivity contribution < 1.29 is 19.1 Å². The van der Waals surface area contributed by atoms with Crippen LogP contribution in [0.5, 0.6) is 0 Å². The number of halogens is 1. The number of amides is 1. The van der Waals surface area contributed by atoms with Crippen LogP contribution in [0.25, 0.3) is 0 Å². The van der Waals surface area contributed by atoms with Crippen LogP contribution in [0.15, 0.2) is 42.6 Å². The fourth-order valence-corrected chi connectivity index (χ4v) is 1.84. The molecule has 1 amide bonds. The molecule has 0 fully saturated rings. The molecule has 0 spiro atoms. The van der Waals surface area contributed by atoms with Crippen molar-refractivity contribution in [3.8, 4) is 0 Å². The van der Waals surface area contributed by atoms with Gasteiger partial charge in [0.15, 0.2) is 0 Å². The number of pyridine rings is 1. The van der Waals surface area contributed by atoms with E-state index in [0.717, 1.165) is 0 Å². The monoisotopic (exact) mass is 317 g/mol. The Balaban J connectivity index is 1.86. The lowest BCUT2D eigenvalue weighted by atomic mass is 10.2. The summed E-state index contributed by atoms with van der Waals surface area (Å²) in [6, 6.07) is 9.73. The predicted molar refractivity (Wildman–Crippen MR) is 83.5 cm³/mol. The first-order valence-corrected chi connectivity index (χ1v) is 6.99. The zero-order chi connectivity index (χ0) is 16.7. The summed E-state index contributed by atoms with van der Waals surface area (Å²) in [4.78, 5) is 26.0. The highest BCUT2D eigenvalue weighted by atomic mass is 19.1. The Labute approximate surface area is 132 Å². The maximum absolute atomic E-state index is 13.5. The maximum atomic E-state index is 13.5. The van der Waals surface area contributed by atoms with Crippen molar-refractivity contribution in [3.05, 3.63) is 54.0 Å². The first kappa shape index (κ1) is 16.4. The highest BCUT2D eigenvalue weighted by Crippen LogP contribution is 2.13. The quantitative estimate of drug-likeness (QED) is 0.730. The van der Waals surface area contributed by atoms with Crippen molar-refractivity contribution in [2.45, 2.75) is 19.4 Å². The summed E-state index contributed by atoms with van der Waals surface area (Å²) in [6.07, 6.45) is 1.13. The third-order valence-electron chi connectivity index (χ3n) is 3.03. The van der Waals surface area contributed by atoms with Gasteiger partial charge in [-0.05, 0) is 18.2 Å². The molecule has 1 aromatic heterocycles. The fourth-order valence-electron chi connectivity index (χ4n) is 1.84. The lowest BCUT2D eigenvalue weighted by Crippen LogP contribution is -2.13. The van der Waals surface area contributed by atoms with E-state index in [2.05, 4.69) is 15.6 Å². The van der Waals surface area contributed by atoms with E-state index in [0.29, 0.717) is 23.6 Å². The summed E-state index contributed by atoms with van der Waals surface area (Å²) in [7, 11) is 0. The van der Waals surface area contributed by atoms with Gasteiger partial charge in [0, 0.05) is 18.5 Å². The number of aliphatic carboxylic acids is 1. The Morgan fingerprint density at radius 2 is 1.91 bits per heavy atom. The van der Waals surface area contributed by atoms with Gasteiger partial charge >= 0.3 is 5.97 Å². The molecule has 1 heterocycles. The van der Waals surface area contributed by atoms with Crippen molar-refractivity contribution in [1.29, 1.82) is 0 Å². The smallest absolute Gasteiger partial charge is 0.303 e. The Morgan fingerprint density at radius 1 is 1.13 bits per heavy atom. The molecular weight excluding hydrogens is 301 g/mol. The second-order valence-corrected chi connectivity index (χ2v) is 4.82. The normalized spacial score (nSPS) is 10.1. The number of benzene rings is 1. The van der Waals surface area contributed by atoms with Gasteiger partial charge in [-0.3, -0.25) is 9.59 Å². The fraction of sp³-hybridized carbons (Fsp3) is 0.188. The summed E-state index contributed by atoms with van der Waals surface area (Å²) >= 11 is 0. The summed E-state index contributed by atoms with van der Waals surface area (Å²) < 4.78 is 13.5. The molecule has 0 saturated carbocycles. The van der Waals surface area contributed by atoms with Gasteiger partial charge in [-0.2, -0.15) is 0 Å². The third kappa shape index (κ3) is 5.39. The summed E-state index contributed by atoms with van der Waals surface area (Å²) in [5, 5.41) is 14.0. The van der Waals surface area contributed by atoms with E-state index in [1.165, 1.54) is 12.3 Å². The summed E-state index contributed by atoms with van der Waals surface area (Å²) in [6.45, 7) is 0.296. The van der Waals surface area contributed by atoms with E-state index in [1.807, 2.05) is 0 Å². The number of anilines is 2. The molecule has 3 N–H and O–H groups in total. The average molecular weight is 317 g/mol. The van der Waals surface area contributed by atoms with Crippen LogP contribution in [-0.4, -0.2) is 22.0 Å². The molecule has 6 nitrogen and oxygen atoms in total. The second-order valence-electron chi connectivity index (χ2n) is 4.82. The number of carbonyl (C=O) groups is 2. The van der Waals surface area contributed by atoms with E-state index >= 15 is 0 Å². The Bertz CT molecular complexity index is 689. The number of carbonyl (C=O) groups excluding carboxylic acids is 1. The van der Waals surface area contributed by atoms with Gasteiger partial charge in [-0.1, -0.05) is 18.2 Å². The van der Waals surface area contributed by atoms with Gasteiger partial charge in [-0.15, -0.1) is 0 Å². The summed E-state index contributed by atoms with van der Waals surface area (Å²) in [5.74, 6) is -1.16. The van der Waals surface area contributed by atoms with Crippen LogP contribution in [0.2, 0.25) is 0 Å². The van der Waals surface area contributed by atoms with Gasteiger partial charge < -0.3 is 15.7 Å². The SMILES string of the molecule is O=C(O)CCC(=O)Nc1ccc(NCc2ccccc2F)nc1. The Kier molecular flexibility index (Phi) is 5.62. The number of aromatic nitrogens is 1. The second kappa shape index (κ2) is 7.88. The minimum absolute atomic E-state index is 0.0946. The third-order valence-corrected chi connectivity index (χ3v) is 3.03. The predicted octanol–water partition coefficient (Wildman–Crippen LogP) is 2.64. The molecule has 7 heteroatoms. The van der Waals surface area contributed by atoms with Crippen molar-refractivity contribution in [1.82, 2.24) is 4.98 Å². The largest absolute Gasteiger partial charge is 0.481 e. The Morgan fingerprint density at radius 3 is 2.57 bits per heavy atom. The molecule has 0 atom stereocenters. The minimum atomic E-state index is -1.02. The van der Waals surface area contributed by atoms with E-state index in [-0.39, 0.29) is 24.6 Å². The number of nitrogens with zero attached hydrogens (tertiary/aromatic N) is 1. The minimum Gasteiger partial charge on any atom is -0.481 e. The molecule has 2 aromatic rings. The number of carboxylic acid groups (broad SMARTS) is 1. The molecule has 1 aromatic carbocycles. The molecular formula is C16H16FN3O3. The summed E-state index contributed by atoms with van der Waals surface area (Å²) in [5.41, 5.74) is 0.997. The molecule has 0 unspecified atom stereocenters. The van der Waals surface area contributed by atoms with E-state index in [4.69, 9.17) is 5.11 Å². The van der Waals surface area contributed by atoms with Crippen LogP contribution in [0.3, 0.4) is 0 Å². The highest BCUT2D eigenvalue weighted by Gasteiger charge is 2.06. The number of rotatable bonds is 7. The van der Waals surface area contributed by atoms with Crippen LogP contribution < -0.4 is 10.6 Å². The molecule has 0 bridgehead atoms. The van der Waals surface area contributed by atoms with Crippen LogP contribution in [0.1, 0.15) is 18.4 Å². The number of carboxylic acids is 1. The first-order chi connectivity index (χ1) is 11.0.